The van der Waals surface area contributed by atoms with Crippen molar-refractivity contribution in [3.05, 3.63) is 53.6 Å². The Labute approximate surface area is 126 Å². The highest BCUT2D eigenvalue weighted by Gasteiger charge is 2.06. The number of rotatable bonds is 6. The zero-order valence-corrected chi connectivity index (χ0v) is 12.9. The molecule has 112 valence electrons. The fourth-order valence-electron chi connectivity index (χ4n) is 2.24. The molecule has 2 rings (SSSR count). The van der Waals surface area contributed by atoms with E-state index >= 15 is 0 Å². The summed E-state index contributed by atoms with van der Waals surface area (Å²) in [5.41, 5.74) is 10.1. The van der Waals surface area contributed by atoms with Gasteiger partial charge in [-0.3, -0.25) is 0 Å². The molecule has 0 aliphatic carbocycles. The van der Waals surface area contributed by atoms with Gasteiger partial charge >= 0.3 is 0 Å². The molecule has 0 unspecified atom stereocenters. The summed E-state index contributed by atoms with van der Waals surface area (Å²) in [6.07, 6.45) is 0. The summed E-state index contributed by atoms with van der Waals surface area (Å²) in [4.78, 5) is 2.14. The predicted molar refractivity (Wildman–Crippen MR) is 88.6 cm³/mol. The molecule has 2 aromatic rings. The summed E-state index contributed by atoms with van der Waals surface area (Å²) in [5, 5.41) is 3.41. The standard InChI is InChI=1S/C17H23N3O/c1-20(2)12-13-8-9-17(21-3)16(10-13)19-11-14-6-4-5-7-15(14)18/h4-10,19H,11-12,18H2,1-3H3. The van der Waals surface area contributed by atoms with E-state index in [1.807, 2.05) is 30.3 Å². The van der Waals surface area contributed by atoms with E-state index in [2.05, 4.69) is 36.4 Å². The van der Waals surface area contributed by atoms with E-state index in [0.29, 0.717) is 6.54 Å². The molecule has 0 saturated heterocycles. The van der Waals surface area contributed by atoms with Crippen LogP contribution in [0.15, 0.2) is 42.5 Å². The minimum absolute atomic E-state index is 0.675. The monoisotopic (exact) mass is 285 g/mol. The zero-order chi connectivity index (χ0) is 15.2. The largest absolute Gasteiger partial charge is 0.495 e. The van der Waals surface area contributed by atoms with Crippen molar-refractivity contribution in [2.24, 2.45) is 0 Å². The van der Waals surface area contributed by atoms with Crippen LogP contribution in [-0.2, 0) is 13.1 Å². The molecule has 3 N–H and O–H groups in total. The molecule has 0 radical (unpaired) electrons. The van der Waals surface area contributed by atoms with Crippen LogP contribution in [0.2, 0.25) is 0 Å². The number of nitrogens with two attached hydrogens (primary N) is 1. The second-order valence-electron chi connectivity index (χ2n) is 5.32. The Morgan fingerprint density at radius 2 is 1.90 bits per heavy atom. The van der Waals surface area contributed by atoms with E-state index in [4.69, 9.17) is 10.5 Å². The highest BCUT2D eigenvalue weighted by molar-refractivity contribution is 5.59. The first-order chi connectivity index (χ1) is 10.1. The van der Waals surface area contributed by atoms with Gasteiger partial charge in [-0.05, 0) is 43.4 Å². The van der Waals surface area contributed by atoms with E-state index in [1.54, 1.807) is 7.11 Å². The maximum atomic E-state index is 5.97. The SMILES string of the molecule is COc1ccc(CN(C)C)cc1NCc1ccccc1N. The van der Waals surface area contributed by atoms with Gasteiger partial charge in [0.2, 0.25) is 0 Å². The fourth-order valence-corrected chi connectivity index (χ4v) is 2.24. The fraction of sp³-hybridized carbons (Fsp3) is 0.294. The number of hydrogen-bond acceptors (Lipinski definition) is 4. The Morgan fingerprint density at radius 3 is 2.57 bits per heavy atom. The van der Waals surface area contributed by atoms with Crippen LogP contribution in [0.25, 0.3) is 0 Å². The summed E-state index contributed by atoms with van der Waals surface area (Å²) >= 11 is 0. The molecule has 0 amide bonds. The Hall–Kier alpha value is -2.20. The smallest absolute Gasteiger partial charge is 0.141 e. The predicted octanol–water partition coefficient (Wildman–Crippen LogP) is 2.95. The number of nitrogens with one attached hydrogen (secondary N) is 1. The number of methoxy groups -OCH3 is 1. The normalized spacial score (nSPS) is 10.7. The lowest BCUT2D eigenvalue weighted by atomic mass is 10.1. The number of anilines is 2. The van der Waals surface area contributed by atoms with E-state index in [1.165, 1.54) is 5.56 Å². The van der Waals surface area contributed by atoms with Crippen LogP contribution in [0.3, 0.4) is 0 Å². The van der Waals surface area contributed by atoms with Crippen LogP contribution in [0.1, 0.15) is 11.1 Å². The third-order valence-corrected chi connectivity index (χ3v) is 3.29. The van der Waals surface area contributed by atoms with Crippen LogP contribution in [0.5, 0.6) is 5.75 Å². The number of benzene rings is 2. The van der Waals surface area contributed by atoms with Crippen molar-refractivity contribution in [2.75, 3.05) is 32.3 Å². The number of hydrogen-bond donors (Lipinski definition) is 2. The van der Waals surface area contributed by atoms with Gasteiger partial charge in [-0.1, -0.05) is 24.3 Å². The van der Waals surface area contributed by atoms with E-state index in [9.17, 15) is 0 Å². The second kappa shape index (κ2) is 6.99. The number of para-hydroxylation sites is 1. The van der Waals surface area contributed by atoms with Gasteiger partial charge in [0.15, 0.2) is 0 Å². The molecule has 0 aliphatic rings. The molecule has 0 saturated carbocycles. The van der Waals surface area contributed by atoms with E-state index in [-0.39, 0.29) is 0 Å². The van der Waals surface area contributed by atoms with E-state index < -0.39 is 0 Å². The molecular formula is C17H23N3O. The first-order valence-corrected chi connectivity index (χ1v) is 6.99. The number of ether oxygens (including phenoxy) is 1. The lowest BCUT2D eigenvalue weighted by Gasteiger charge is -2.15. The highest BCUT2D eigenvalue weighted by atomic mass is 16.5. The molecule has 0 atom stereocenters. The molecule has 0 bridgehead atoms. The van der Waals surface area contributed by atoms with Gasteiger partial charge in [0.25, 0.3) is 0 Å². The van der Waals surface area contributed by atoms with Crippen molar-refractivity contribution in [3.8, 4) is 5.75 Å². The minimum atomic E-state index is 0.675. The molecule has 0 fully saturated rings. The maximum absolute atomic E-state index is 5.97. The van der Waals surface area contributed by atoms with Crippen LogP contribution in [-0.4, -0.2) is 26.1 Å². The summed E-state index contributed by atoms with van der Waals surface area (Å²) in [5.74, 6) is 0.840. The van der Waals surface area contributed by atoms with Crippen molar-refractivity contribution in [1.82, 2.24) is 4.90 Å². The summed E-state index contributed by atoms with van der Waals surface area (Å²) in [6.45, 7) is 1.57. The number of nitrogens with zero attached hydrogens (tertiary/aromatic N) is 1. The topological polar surface area (TPSA) is 50.5 Å². The van der Waals surface area contributed by atoms with Crippen molar-refractivity contribution in [1.29, 1.82) is 0 Å². The Morgan fingerprint density at radius 1 is 1.14 bits per heavy atom. The van der Waals surface area contributed by atoms with Crippen molar-refractivity contribution >= 4 is 11.4 Å². The average Bonchev–Trinajstić information content (AvgIpc) is 2.46. The van der Waals surface area contributed by atoms with Gasteiger partial charge in [-0.15, -0.1) is 0 Å². The Kier molecular flexibility index (Phi) is 5.06. The average molecular weight is 285 g/mol. The summed E-state index contributed by atoms with van der Waals surface area (Å²) < 4.78 is 5.42. The lowest BCUT2D eigenvalue weighted by molar-refractivity contribution is 0.400. The minimum Gasteiger partial charge on any atom is -0.495 e. The highest BCUT2D eigenvalue weighted by Crippen LogP contribution is 2.27. The zero-order valence-electron chi connectivity index (χ0n) is 12.9. The quantitative estimate of drug-likeness (QED) is 0.801. The molecule has 4 nitrogen and oxygen atoms in total. The summed E-state index contributed by atoms with van der Waals surface area (Å²) in [7, 11) is 5.80. The van der Waals surface area contributed by atoms with Gasteiger partial charge in [0.1, 0.15) is 5.75 Å². The Balaban J connectivity index is 2.15. The van der Waals surface area contributed by atoms with Crippen LogP contribution < -0.4 is 15.8 Å². The summed E-state index contributed by atoms with van der Waals surface area (Å²) in [6, 6.07) is 14.1. The first kappa shape index (κ1) is 15.2. The van der Waals surface area contributed by atoms with Crippen LogP contribution in [0, 0.1) is 0 Å². The third-order valence-electron chi connectivity index (χ3n) is 3.29. The van der Waals surface area contributed by atoms with Gasteiger partial charge in [0, 0.05) is 18.8 Å². The maximum Gasteiger partial charge on any atom is 0.141 e. The van der Waals surface area contributed by atoms with Gasteiger partial charge < -0.3 is 20.7 Å². The van der Waals surface area contributed by atoms with Crippen molar-refractivity contribution in [2.45, 2.75) is 13.1 Å². The number of nitrogen functional groups attached to an aromatic ring is 1. The van der Waals surface area contributed by atoms with Crippen molar-refractivity contribution < 1.29 is 4.74 Å². The van der Waals surface area contributed by atoms with E-state index in [0.717, 1.165) is 29.2 Å². The molecule has 4 heteroatoms. The molecule has 0 aromatic heterocycles. The van der Waals surface area contributed by atoms with Crippen LogP contribution in [0.4, 0.5) is 11.4 Å². The van der Waals surface area contributed by atoms with Gasteiger partial charge in [-0.2, -0.15) is 0 Å². The molecule has 0 aliphatic heterocycles. The molecule has 0 spiro atoms. The van der Waals surface area contributed by atoms with Gasteiger partial charge in [-0.25, -0.2) is 0 Å². The molecular weight excluding hydrogens is 262 g/mol. The lowest BCUT2D eigenvalue weighted by Crippen LogP contribution is -2.11. The molecule has 2 aromatic carbocycles. The van der Waals surface area contributed by atoms with Gasteiger partial charge in [0.05, 0.1) is 12.8 Å². The Bertz CT molecular complexity index is 596. The third kappa shape index (κ3) is 4.13. The van der Waals surface area contributed by atoms with Crippen molar-refractivity contribution in [3.63, 3.8) is 0 Å². The van der Waals surface area contributed by atoms with Crippen LogP contribution >= 0.6 is 0 Å². The molecule has 0 heterocycles. The molecule has 21 heavy (non-hydrogen) atoms. The first-order valence-electron chi connectivity index (χ1n) is 6.99. The second-order valence-corrected chi connectivity index (χ2v) is 5.32.